The predicted molar refractivity (Wildman–Crippen MR) is 65.4 cm³/mol. The summed E-state index contributed by atoms with van der Waals surface area (Å²) in [6.45, 7) is 0.398. The highest BCUT2D eigenvalue weighted by molar-refractivity contribution is 5.83. The first kappa shape index (κ1) is 15.5. The van der Waals surface area contributed by atoms with E-state index in [-0.39, 0.29) is 18.7 Å². The van der Waals surface area contributed by atoms with Crippen molar-refractivity contribution in [3.8, 4) is 5.75 Å². The van der Waals surface area contributed by atoms with E-state index < -0.39 is 12.7 Å². The van der Waals surface area contributed by atoms with Crippen LogP contribution in [0.5, 0.6) is 5.75 Å². The number of hydrogen-bond donors (Lipinski definition) is 1. The van der Waals surface area contributed by atoms with Gasteiger partial charge in [-0.3, -0.25) is 4.79 Å². The number of carbonyl (C=O) groups excluding carboxylic acids is 1. The Labute approximate surface area is 109 Å². The molecule has 0 aliphatic heterocycles. The summed E-state index contributed by atoms with van der Waals surface area (Å²) in [6, 6.07) is 5.37. The number of carbonyl (C=O) groups is 1. The van der Waals surface area contributed by atoms with Crippen LogP contribution < -0.4 is 10.1 Å². The molecule has 1 rings (SSSR count). The zero-order valence-electron chi connectivity index (χ0n) is 10.8. The van der Waals surface area contributed by atoms with Crippen molar-refractivity contribution >= 4 is 5.78 Å². The minimum Gasteiger partial charge on any atom is -0.496 e. The molecule has 0 atom stereocenters. The molecule has 0 aliphatic carbocycles. The summed E-state index contributed by atoms with van der Waals surface area (Å²) in [5.41, 5.74) is 1.65. The number of aryl methyl sites for hydroxylation is 1. The van der Waals surface area contributed by atoms with E-state index >= 15 is 0 Å². The number of ether oxygens (including phenoxy) is 1. The van der Waals surface area contributed by atoms with Crippen LogP contribution in [0.1, 0.15) is 11.1 Å². The van der Waals surface area contributed by atoms with E-state index in [4.69, 9.17) is 4.74 Å². The molecule has 0 heterocycles. The van der Waals surface area contributed by atoms with E-state index in [1.165, 1.54) is 7.11 Å². The van der Waals surface area contributed by atoms with E-state index in [2.05, 4.69) is 5.32 Å². The monoisotopic (exact) mass is 275 g/mol. The van der Waals surface area contributed by atoms with Crippen LogP contribution in [0.2, 0.25) is 0 Å². The van der Waals surface area contributed by atoms with Gasteiger partial charge >= 0.3 is 6.18 Å². The predicted octanol–water partition coefficient (Wildman–Crippen LogP) is 2.27. The fourth-order valence-electron chi connectivity index (χ4n) is 1.66. The SMILES string of the molecule is COc1ccc(C)cc1CC(=O)CNCC(F)(F)F. The highest BCUT2D eigenvalue weighted by atomic mass is 19.4. The molecule has 1 N–H and O–H groups in total. The van der Waals surface area contributed by atoms with Gasteiger partial charge in [0.25, 0.3) is 0 Å². The van der Waals surface area contributed by atoms with Crippen LogP contribution in [0, 0.1) is 6.92 Å². The maximum Gasteiger partial charge on any atom is 0.401 e. The second-order valence-electron chi connectivity index (χ2n) is 4.25. The van der Waals surface area contributed by atoms with Gasteiger partial charge in [0.2, 0.25) is 0 Å². The topological polar surface area (TPSA) is 38.3 Å². The van der Waals surface area contributed by atoms with E-state index in [1.807, 2.05) is 13.0 Å². The maximum atomic E-state index is 11.9. The number of hydrogen-bond acceptors (Lipinski definition) is 3. The molecule has 6 heteroatoms. The second kappa shape index (κ2) is 6.56. The maximum absolute atomic E-state index is 11.9. The first-order valence-corrected chi connectivity index (χ1v) is 5.74. The Hall–Kier alpha value is -1.56. The first-order chi connectivity index (χ1) is 8.81. The summed E-state index contributed by atoms with van der Waals surface area (Å²) in [7, 11) is 1.49. The van der Waals surface area contributed by atoms with Crippen molar-refractivity contribution in [2.45, 2.75) is 19.5 Å². The molecular formula is C13H16F3NO2. The van der Waals surface area contributed by atoms with Crippen LogP contribution in [0.15, 0.2) is 18.2 Å². The smallest absolute Gasteiger partial charge is 0.401 e. The average Bonchev–Trinajstić information content (AvgIpc) is 2.27. The van der Waals surface area contributed by atoms with Crippen molar-refractivity contribution in [3.63, 3.8) is 0 Å². The number of benzene rings is 1. The fourth-order valence-corrected chi connectivity index (χ4v) is 1.66. The van der Waals surface area contributed by atoms with Gasteiger partial charge in [-0.1, -0.05) is 17.7 Å². The third kappa shape index (κ3) is 5.74. The quantitative estimate of drug-likeness (QED) is 0.865. The highest BCUT2D eigenvalue weighted by Gasteiger charge is 2.26. The van der Waals surface area contributed by atoms with Crippen molar-refractivity contribution in [1.29, 1.82) is 0 Å². The summed E-state index contributed by atoms with van der Waals surface area (Å²) in [5.74, 6) is 0.253. The molecule has 0 bridgehead atoms. The third-order valence-corrected chi connectivity index (χ3v) is 2.47. The summed E-state index contributed by atoms with van der Waals surface area (Å²) >= 11 is 0. The van der Waals surface area contributed by atoms with Crippen LogP contribution in [0.25, 0.3) is 0 Å². The molecule has 106 valence electrons. The Kier molecular flexibility index (Phi) is 5.35. The summed E-state index contributed by atoms with van der Waals surface area (Å²) in [5, 5.41) is 2.08. The zero-order chi connectivity index (χ0) is 14.5. The zero-order valence-corrected chi connectivity index (χ0v) is 10.8. The normalized spacial score (nSPS) is 11.4. The molecule has 0 amide bonds. The number of rotatable bonds is 6. The van der Waals surface area contributed by atoms with Crippen LogP contribution in [0.4, 0.5) is 13.2 Å². The lowest BCUT2D eigenvalue weighted by molar-refractivity contribution is -0.127. The van der Waals surface area contributed by atoms with Crippen LogP contribution in [-0.4, -0.2) is 32.2 Å². The molecular weight excluding hydrogens is 259 g/mol. The van der Waals surface area contributed by atoms with Gasteiger partial charge in [-0.05, 0) is 13.0 Å². The van der Waals surface area contributed by atoms with Crippen LogP contribution in [0.3, 0.4) is 0 Å². The molecule has 0 spiro atoms. The molecule has 1 aromatic carbocycles. The van der Waals surface area contributed by atoms with Gasteiger partial charge in [-0.15, -0.1) is 0 Å². The standard InChI is InChI=1S/C13H16F3NO2/c1-9-3-4-12(19-2)10(5-9)6-11(18)7-17-8-13(14,15)16/h3-5,17H,6-8H2,1-2H3. The Morgan fingerprint density at radius 1 is 1.37 bits per heavy atom. The number of nitrogens with one attached hydrogen (secondary N) is 1. The van der Waals surface area contributed by atoms with Gasteiger partial charge in [0.15, 0.2) is 5.78 Å². The lowest BCUT2D eigenvalue weighted by Gasteiger charge is -2.10. The number of ketones is 1. The van der Waals surface area contributed by atoms with Gasteiger partial charge in [0.05, 0.1) is 20.2 Å². The van der Waals surface area contributed by atoms with Gasteiger partial charge in [0, 0.05) is 12.0 Å². The van der Waals surface area contributed by atoms with Gasteiger partial charge < -0.3 is 10.1 Å². The molecule has 0 unspecified atom stereocenters. The third-order valence-electron chi connectivity index (χ3n) is 2.47. The lowest BCUT2D eigenvalue weighted by atomic mass is 10.0. The lowest BCUT2D eigenvalue weighted by Crippen LogP contribution is -2.33. The molecule has 0 saturated heterocycles. The largest absolute Gasteiger partial charge is 0.496 e. The van der Waals surface area contributed by atoms with Crippen molar-refractivity contribution in [2.75, 3.05) is 20.2 Å². The minimum atomic E-state index is -4.30. The Morgan fingerprint density at radius 2 is 2.05 bits per heavy atom. The first-order valence-electron chi connectivity index (χ1n) is 5.74. The summed E-state index contributed by atoms with van der Waals surface area (Å²) in [4.78, 5) is 11.6. The molecule has 3 nitrogen and oxygen atoms in total. The van der Waals surface area contributed by atoms with Crippen molar-refractivity contribution in [3.05, 3.63) is 29.3 Å². The van der Waals surface area contributed by atoms with Crippen molar-refractivity contribution < 1.29 is 22.7 Å². The molecule has 0 fully saturated rings. The Balaban J connectivity index is 2.55. The van der Waals surface area contributed by atoms with E-state index in [1.54, 1.807) is 12.1 Å². The van der Waals surface area contributed by atoms with Crippen LogP contribution >= 0.6 is 0 Å². The summed E-state index contributed by atoms with van der Waals surface area (Å²) < 4.78 is 40.8. The molecule has 0 aromatic heterocycles. The number of methoxy groups -OCH3 is 1. The molecule has 0 saturated carbocycles. The number of Topliss-reactive ketones (excluding diaryl/α,β-unsaturated/α-hetero) is 1. The summed E-state index contributed by atoms with van der Waals surface area (Å²) in [6.07, 6.45) is -4.25. The molecule has 1 aromatic rings. The minimum absolute atomic E-state index is 0.0513. The average molecular weight is 275 g/mol. The van der Waals surface area contributed by atoms with Gasteiger partial charge in [-0.2, -0.15) is 13.2 Å². The van der Waals surface area contributed by atoms with E-state index in [0.717, 1.165) is 5.56 Å². The van der Waals surface area contributed by atoms with Crippen molar-refractivity contribution in [2.24, 2.45) is 0 Å². The van der Waals surface area contributed by atoms with Crippen LogP contribution in [-0.2, 0) is 11.2 Å². The Bertz CT molecular complexity index is 444. The Morgan fingerprint density at radius 3 is 2.63 bits per heavy atom. The number of alkyl halides is 3. The van der Waals surface area contributed by atoms with Gasteiger partial charge in [-0.25, -0.2) is 0 Å². The van der Waals surface area contributed by atoms with E-state index in [0.29, 0.717) is 11.3 Å². The highest BCUT2D eigenvalue weighted by Crippen LogP contribution is 2.20. The molecule has 19 heavy (non-hydrogen) atoms. The molecule has 0 aliphatic rings. The van der Waals surface area contributed by atoms with Crippen molar-refractivity contribution in [1.82, 2.24) is 5.32 Å². The van der Waals surface area contributed by atoms with E-state index in [9.17, 15) is 18.0 Å². The second-order valence-corrected chi connectivity index (χ2v) is 4.25. The van der Waals surface area contributed by atoms with Gasteiger partial charge in [0.1, 0.15) is 5.75 Å². The number of halogens is 3. The molecule has 0 radical (unpaired) electrons. The fraction of sp³-hybridized carbons (Fsp3) is 0.462.